The van der Waals surface area contributed by atoms with Crippen LogP contribution in [0.2, 0.25) is 0 Å². The molecule has 6 heteroatoms. The Hall–Kier alpha value is -2.37. The summed E-state index contributed by atoms with van der Waals surface area (Å²) < 4.78 is 1.86. The van der Waals surface area contributed by atoms with Crippen molar-refractivity contribution in [2.45, 2.75) is 44.7 Å². The van der Waals surface area contributed by atoms with Crippen LogP contribution in [0.5, 0.6) is 0 Å². The van der Waals surface area contributed by atoms with Gasteiger partial charge in [-0.15, -0.1) is 10.2 Å². The van der Waals surface area contributed by atoms with Crippen LogP contribution in [0.4, 0.5) is 4.79 Å². The molecule has 3 rings (SSSR count). The number of amides is 2. The molecule has 1 aliphatic rings. The topological polar surface area (TPSA) is 63.1 Å². The molecular formula is C18H25N5O. The van der Waals surface area contributed by atoms with E-state index in [0.717, 1.165) is 6.42 Å². The molecule has 2 atom stereocenters. The molecule has 1 saturated carbocycles. The van der Waals surface area contributed by atoms with Crippen LogP contribution in [0, 0.1) is 0 Å². The van der Waals surface area contributed by atoms with Gasteiger partial charge in [0.05, 0.1) is 0 Å². The maximum atomic E-state index is 12.2. The first-order valence-corrected chi connectivity index (χ1v) is 8.48. The third-order valence-electron chi connectivity index (χ3n) is 4.64. The van der Waals surface area contributed by atoms with E-state index in [9.17, 15) is 4.79 Å². The Morgan fingerprint density at radius 2 is 1.96 bits per heavy atom. The number of hydrogen-bond donors (Lipinski definition) is 1. The van der Waals surface area contributed by atoms with Gasteiger partial charge in [0, 0.05) is 32.1 Å². The highest BCUT2D eigenvalue weighted by Gasteiger charge is 2.39. The first-order valence-electron chi connectivity index (χ1n) is 8.48. The monoisotopic (exact) mass is 327 g/mol. The van der Waals surface area contributed by atoms with Crippen molar-refractivity contribution in [2.75, 3.05) is 13.6 Å². The molecule has 2 amide bonds. The van der Waals surface area contributed by atoms with Crippen molar-refractivity contribution in [1.29, 1.82) is 0 Å². The number of carbonyl (C=O) groups is 1. The molecule has 0 unspecified atom stereocenters. The molecule has 0 aliphatic heterocycles. The van der Waals surface area contributed by atoms with E-state index in [-0.39, 0.29) is 12.1 Å². The Bertz CT molecular complexity index is 665. The van der Waals surface area contributed by atoms with Gasteiger partial charge in [-0.05, 0) is 23.5 Å². The molecule has 0 spiro atoms. The van der Waals surface area contributed by atoms with Gasteiger partial charge in [0.25, 0.3) is 0 Å². The lowest BCUT2D eigenvalue weighted by Crippen LogP contribution is -2.40. The molecule has 1 aliphatic carbocycles. The minimum Gasteiger partial charge on any atom is -0.335 e. The zero-order valence-electron chi connectivity index (χ0n) is 14.5. The summed E-state index contributed by atoms with van der Waals surface area (Å²) in [4.78, 5) is 14.0. The average molecular weight is 327 g/mol. The Balaban J connectivity index is 1.46. The zero-order valence-corrected chi connectivity index (χ0v) is 14.5. The number of nitrogens with zero attached hydrogens (tertiary/aromatic N) is 4. The average Bonchev–Trinajstić information content (AvgIpc) is 3.14. The standard InChI is InChI=1S/C18H25N5O/c1-13(2)14-4-6-15(7-5-14)16-10-17(16)21-18(24)22(3)8-9-23-11-19-20-12-23/h4-7,11-13,16-17H,8-10H2,1-3H3,(H,21,24)/t16-,17-/m1/s1. The minimum absolute atomic E-state index is 0.0191. The zero-order chi connectivity index (χ0) is 17.1. The summed E-state index contributed by atoms with van der Waals surface area (Å²) in [6.45, 7) is 5.72. The van der Waals surface area contributed by atoms with Crippen LogP contribution in [-0.4, -0.2) is 45.3 Å². The third kappa shape index (κ3) is 3.93. The van der Waals surface area contributed by atoms with E-state index in [1.54, 1.807) is 17.6 Å². The van der Waals surface area contributed by atoms with Crippen LogP contribution < -0.4 is 5.32 Å². The van der Waals surface area contributed by atoms with Crippen molar-refractivity contribution < 1.29 is 4.79 Å². The third-order valence-corrected chi connectivity index (χ3v) is 4.64. The van der Waals surface area contributed by atoms with Gasteiger partial charge in [-0.1, -0.05) is 38.1 Å². The lowest BCUT2D eigenvalue weighted by molar-refractivity contribution is 0.206. The van der Waals surface area contributed by atoms with E-state index in [2.05, 4.69) is 53.6 Å². The quantitative estimate of drug-likeness (QED) is 0.887. The van der Waals surface area contributed by atoms with Gasteiger partial charge in [-0.2, -0.15) is 0 Å². The lowest BCUT2D eigenvalue weighted by atomic mass is 10.0. The van der Waals surface area contributed by atoms with E-state index >= 15 is 0 Å². The Labute approximate surface area is 142 Å². The molecule has 0 saturated heterocycles. The highest BCUT2D eigenvalue weighted by Crippen LogP contribution is 2.41. The van der Waals surface area contributed by atoms with E-state index in [1.807, 2.05) is 11.6 Å². The number of aromatic nitrogens is 3. The molecule has 1 heterocycles. The molecule has 6 nitrogen and oxygen atoms in total. The van der Waals surface area contributed by atoms with Crippen LogP contribution in [0.3, 0.4) is 0 Å². The molecule has 2 aromatic rings. The Kier molecular flexibility index (Phi) is 4.83. The van der Waals surface area contributed by atoms with Gasteiger partial charge in [-0.3, -0.25) is 0 Å². The van der Waals surface area contributed by atoms with Crippen LogP contribution >= 0.6 is 0 Å². The van der Waals surface area contributed by atoms with Crippen molar-refractivity contribution in [3.05, 3.63) is 48.0 Å². The highest BCUT2D eigenvalue weighted by atomic mass is 16.2. The normalized spacial score (nSPS) is 19.3. The van der Waals surface area contributed by atoms with Crippen LogP contribution in [0.15, 0.2) is 36.9 Å². The van der Waals surface area contributed by atoms with Gasteiger partial charge < -0.3 is 14.8 Å². The van der Waals surface area contributed by atoms with Crippen molar-refractivity contribution in [1.82, 2.24) is 25.0 Å². The maximum absolute atomic E-state index is 12.2. The molecule has 1 aromatic carbocycles. The smallest absolute Gasteiger partial charge is 0.317 e. The number of likely N-dealkylation sites (N-methyl/N-ethyl adjacent to an activating group) is 1. The van der Waals surface area contributed by atoms with Crippen LogP contribution in [0.25, 0.3) is 0 Å². The van der Waals surface area contributed by atoms with Gasteiger partial charge in [0.1, 0.15) is 12.7 Å². The lowest BCUT2D eigenvalue weighted by Gasteiger charge is -2.18. The number of carbonyl (C=O) groups excluding carboxylic acids is 1. The highest BCUT2D eigenvalue weighted by molar-refractivity contribution is 5.74. The molecule has 0 bridgehead atoms. The molecule has 0 radical (unpaired) electrons. The first kappa shape index (κ1) is 16.5. The first-order chi connectivity index (χ1) is 11.5. The summed E-state index contributed by atoms with van der Waals surface area (Å²) in [5.74, 6) is 0.995. The summed E-state index contributed by atoms with van der Waals surface area (Å²) in [6.07, 6.45) is 4.33. The second-order valence-electron chi connectivity index (χ2n) is 6.84. The number of hydrogen-bond acceptors (Lipinski definition) is 3. The van der Waals surface area contributed by atoms with E-state index in [0.29, 0.717) is 24.9 Å². The number of urea groups is 1. The SMILES string of the molecule is CC(C)c1ccc([C@H]2C[C@H]2NC(=O)N(C)CCn2cnnc2)cc1. The summed E-state index contributed by atoms with van der Waals surface area (Å²) in [5, 5.41) is 10.6. The maximum Gasteiger partial charge on any atom is 0.317 e. The molecule has 1 fully saturated rings. The summed E-state index contributed by atoms with van der Waals surface area (Å²) >= 11 is 0. The summed E-state index contributed by atoms with van der Waals surface area (Å²) in [6, 6.07) is 9.02. The Morgan fingerprint density at radius 3 is 2.58 bits per heavy atom. The molecule has 1 aromatic heterocycles. The Morgan fingerprint density at radius 1 is 1.29 bits per heavy atom. The van der Waals surface area contributed by atoms with E-state index in [4.69, 9.17) is 0 Å². The second kappa shape index (κ2) is 7.03. The van der Waals surface area contributed by atoms with Crippen LogP contribution in [0.1, 0.15) is 43.2 Å². The second-order valence-corrected chi connectivity index (χ2v) is 6.84. The number of benzene rings is 1. The van der Waals surface area contributed by atoms with E-state index < -0.39 is 0 Å². The van der Waals surface area contributed by atoms with Crippen LogP contribution in [-0.2, 0) is 6.54 Å². The van der Waals surface area contributed by atoms with Crippen molar-refractivity contribution in [3.63, 3.8) is 0 Å². The fourth-order valence-corrected chi connectivity index (χ4v) is 2.82. The number of rotatable bonds is 6. The molecule has 24 heavy (non-hydrogen) atoms. The van der Waals surface area contributed by atoms with Crippen molar-refractivity contribution in [3.8, 4) is 0 Å². The fourth-order valence-electron chi connectivity index (χ4n) is 2.82. The number of nitrogens with one attached hydrogen (secondary N) is 1. The van der Waals surface area contributed by atoms with Gasteiger partial charge in [-0.25, -0.2) is 4.79 Å². The predicted octanol–water partition coefficient (Wildman–Crippen LogP) is 2.60. The van der Waals surface area contributed by atoms with Gasteiger partial charge >= 0.3 is 6.03 Å². The largest absolute Gasteiger partial charge is 0.335 e. The summed E-state index contributed by atoms with van der Waals surface area (Å²) in [5.41, 5.74) is 2.67. The molecular weight excluding hydrogens is 302 g/mol. The van der Waals surface area contributed by atoms with E-state index in [1.165, 1.54) is 11.1 Å². The molecule has 1 N–H and O–H groups in total. The van der Waals surface area contributed by atoms with Crippen molar-refractivity contribution in [2.24, 2.45) is 0 Å². The van der Waals surface area contributed by atoms with Gasteiger partial charge in [0.2, 0.25) is 0 Å². The molecule has 128 valence electrons. The summed E-state index contributed by atoms with van der Waals surface area (Å²) in [7, 11) is 1.81. The van der Waals surface area contributed by atoms with Crippen molar-refractivity contribution >= 4 is 6.03 Å². The minimum atomic E-state index is -0.0191. The predicted molar refractivity (Wildman–Crippen MR) is 92.9 cm³/mol. The fraction of sp³-hybridized carbons (Fsp3) is 0.500. The van der Waals surface area contributed by atoms with Gasteiger partial charge in [0.15, 0.2) is 0 Å².